The summed E-state index contributed by atoms with van der Waals surface area (Å²) in [5, 5.41) is 0. The van der Waals surface area contributed by atoms with Gasteiger partial charge in [0.15, 0.2) is 0 Å². The van der Waals surface area contributed by atoms with E-state index in [9.17, 15) is 4.79 Å². The van der Waals surface area contributed by atoms with Gasteiger partial charge in [0.1, 0.15) is 11.9 Å². The monoisotopic (exact) mass is 250 g/mol. The molecule has 4 heteroatoms. The molecule has 1 aliphatic rings. The highest BCUT2D eigenvalue weighted by atomic mass is 16.6. The van der Waals surface area contributed by atoms with E-state index in [0.29, 0.717) is 13.2 Å². The molecule has 1 aromatic carbocycles. The van der Waals surface area contributed by atoms with E-state index >= 15 is 0 Å². The molecule has 2 atom stereocenters. The summed E-state index contributed by atoms with van der Waals surface area (Å²) in [6.45, 7) is 2.86. The molecule has 1 heterocycles. The lowest BCUT2D eigenvalue weighted by molar-refractivity contribution is -0.145. The Balaban J connectivity index is 1.73. The van der Waals surface area contributed by atoms with Crippen LogP contribution in [-0.4, -0.2) is 25.8 Å². The summed E-state index contributed by atoms with van der Waals surface area (Å²) in [6.07, 6.45) is 0.660. The Labute approximate surface area is 107 Å². The van der Waals surface area contributed by atoms with Gasteiger partial charge in [-0.15, -0.1) is 0 Å². The highest BCUT2D eigenvalue weighted by Gasteiger charge is 2.30. The van der Waals surface area contributed by atoms with E-state index in [4.69, 9.17) is 14.2 Å². The molecule has 4 nitrogen and oxygen atoms in total. The summed E-state index contributed by atoms with van der Waals surface area (Å²) in [5.74, 6) is 0.713. The Kier molecular flexibility index (Phi) is 4.20. The van der Waals surface area contributed by atoms with Gasteiger partial charge < -0.3 is 14.2 Å². The number of rotatable bonds is 5. The van der Waals surface area contributed by atoms with Crippen LogP contribution in [0.15, 0.2) is 24.3 Å². The number of ether oxygens (including phenoxy) is 3. The summed E-state index contributed by atoms with van der Waals surface area (Å²) in [4.78, 5) is 11.2. The summed E-state index contributed by atoms with van der Waals surface area (Å²) in [7, 11) is 1.64. The molecule has 0 bridgehead atoms. The number of hydrogen-bond acceptors (Lipinski definition) is 4. The van der Waals surface area contributed by atoms with Crippen molar-refractivity contribution >= 4 is 5.97 Å². The lowest BCUT2D eigenvalue weighted by Crippen LogP contribution is -2.14. The van der Waals surface area contributed by atoms with Crippen LogP contribution in [0.3, 0.4) is 0 Å². The third-order valence-electron chi connectivity index (χ3n) is 3.03. The van der Waals surface area contributed by atoms with E-state index < -0.39 is 0 Å². The number of hydrogen-bond donors (Lipinski definition) is 0. The van der Waals surface area contributed by atoms with Gasteiger partial charge >= 0.3 is 5.97 Å². The van der Waals surface area contributed by atoms with Gasteiger partial charge in [-0.2, -0.15) is 0 Å². The molecule has 98 valence electrons. The third-order valence-corrected chi connectivity index (χ3v) is 3.03. The largest absolute Gasteiger partial charge is 0.497 e. The first kappa shape index (κ1) is 12.9. The van der Waals surface area contributed by atoms with Crippen molar-refractivity contribution in [2.24, 2.45) is 5.92 Å². The van der Waals surface area contributed by atoms with E-state index in [0.717, 1.165) is 17.7 Å². The third kappa shape index (κ3) is 3.23. The van der Waals surface area contributed by atoms with Crippen molar-refractivity contribution in [2.75, 3.05) is 13.7 Å². The van der Waals surface area contributed by atoms with Gasteiger partial charge in [-0.25, -0.2) is 0 Å². The zero-order valence-corrected chi connectivity index (χ0v) is 10.7. The van der Waals surface area contributed by atoms with Crippen molar-refractivity contribution in [1.82, 2.24) is 0 Å². The molecule has 0 unspecified atom stereocenters. The summed E-state index contributed by atoms with van der Waals surface area (Å²) >= 11 is 0. The van der Waals surface area contributed by atoms with Crippen LogP contribution in [0.1, 0.15) is 18.9 Å². The maximum Gasteiger partial charge on any atom is 0.309 e. The van der Waals surface area contributed by atoms with Crippen LogP contribution in [0.4, 0.5) is 0 Å². The molecule has 1 aliphatic heterocycles. The van der Waals surface area contributed by atoms with E-state index in [1.165, 1.54) is 0 Å². The Morgan fingerprint density at radius 1 is 1.33 bits per heavy atom. The number of carbonyl (C=O) groups excluding carboxylic acids is 1. The molecule has 18 heavy (non-hydrogen) atoms. The molecule has 0 spiro atoms. The normalized spacial score (nSPS) is 22.9. The summed E-state index contributed by atoms with van der Waals surface area (Å²) < 4.78 is 15.8. The van der Waals surface area contributed by atoms with Crippen LogP contribution >= 0.6 is 0 Å². The minimum Gasteiger partial charge on any atom is -0.497 e. The first-order valence-electron chi connectivity index (χ1n) is 6.10. The molecule has 0 saturated carbocycles. The molecule has 1 saturated heterocycles. The molecule has 0 amide bonds. The van der Waals surface area contributed by atoms with Crippen molar-refractivity contribution in [3.05, 3.63) is 29.8 Å². The molecule has 0 N–H and O–H groups in total. The lowest BCUT2D eigenvalue weighted by atomic mass is 10.1. The molecule has 0 radical (unpaired) electrons. The van der Waals surface area contributed by atoms with Crippen LogP contribution in [0.25, 0.3) is 0 Å². The van der Waals surface area contributed by atoms with E-state index in [1.807, 2.05) is 31.2 Å². The zero-order valence-electron chi connectivity index (χ0n) is 10.7. The fourth-order valence-electron chi connectivity index (χ4n) is 1.95. The average molecular weight is 250 g/mol. The molecular weight excluding hydrogens is 232 g/mol. The minimum atomic E-state index is -0.118. The quantitative estimate of drug-likeness (QED) is 0.751. The molecular formula is C14H18O4. The van der Waals surface area contributed by atoms with E-state index in [1.54, 1.807) is 7.11 Å². The Bertz CT molecular complexity index is 399. The topological polar surface area (TPSA) is 44.8 Å². The number of cyclic esters (lactones) is 1. The zero-order chi connectivity index (χ0) is 13.0. The number of esters is 1. The fourth-order valence-corrected chi connectivity index (χ4v) is 1.95. The highest BCUT2D eigenvalue weighted by Crippen LogP contribution is 2.21. The van der Waals surface area contributed by atoms with Crippen LogP contribution in [-0.2, 0) is 20.9 Å². The van der Waals surface area contributed by atoms with E-state index in [-0.39, 0.29) is 18.0 Å². The predicted octanol–water partition coefficient (Wildman–Crippen LogP) is 2.16. The van der Waals surface area contributed by atoms with E-state index in [2.05, 4.69) is 0 Å². The average Bonchev–Trinajstić information content (AvgIpc) is 2.69. The molecule has 2 rings (SSSR count). The Morgan fingerprint density at radius 2 is 2.06 bits per heavy atom. The maximum absolute atomic E-state index is 11.2. The molecule has 1 aromatic rings. The predicted molar refractivity (Wildman–Crippen MR) is 66.3 cm³/mol. The number of carbonyl (C=O) groups is 1. The molecule has 1 fully saturated rings. The van der Waals surface area contributed by atoms with Gasteiger partial charge in [0.2, 0.25) is 0 Å². The summed E-state index contributed by atoms with van der Waals surface area (Å²) in [5.41, 5.74) is 1.08. The second-order valence-electron chi connectivity index (χ2n) is 4.56. The van der Waals surface area contributed by atoms with Crippen LogP contribution in [0.5, 0.6) is 5.75 Å². The SMILES string of the molecule is COc1ccc(COC[C@H]2C[C@H](C)C(=O)O2)cc1. The van der Waals surface area contributed by atoms with Gasteiger partial charge in [0.05, 0.1) is 26.2 Å². The van der Waals surface area contributed by atoms with Crippen LogP contribution < -0.4 is 4.74 Å². The lowest BCUT2D eigenvalue weighted by Gasteiger charge is -2.10. The summed E-state index contributed by atoms with van der Waals surface area (Å²) in [6, 6.07) is 7.72. The molecule has 0 aliphatic carbocycles. The fraction of sp³-hybridized carbons (Fsp3) is 0.500. The Morgan fingerprint density at radius 3 is 2.61 bits per heavy atom. The van der Waals surface area contributed by atoms with Gasteiger partial charge in [-0.05, 0) is 24.1 Å². The number of methoxy groups -OCH3 is 1. The smallest absolute Gasteiger partial charge is 0.309 e. The number of benzene rings is 1. The van der Waals surface area contributed by atoms with Crippen LogP contribution in [0.2, 0.25) is 0 Å². The first-order valence-corrected chi connectivity index (χ1v) is 6.10. The van der Waals surface area contributed by atoms with Crippen LogP contribution in [0, 0.1) is 5.92 Å². The van der Waals surface area contributed by atoms with Crippen molar-refractivity contribution in [2.45, 2.75) is 26.1 Å². The Hall–Kier alpha value is -1.55. The van der Waals surface area contributed by atoms with Gasteiger partial charge in [-0.1, -0.05) is 19.1 Å². The van der Waals surface area contributed by atoms with Crippen molar-refractivity contribution < 1.29 is 19.0 Å². The van der Waals surface area contributed by atoms with Gasteiger partial charge in [0, 0.05) is 0 Å². The standard InChI is InChI=1S/C14H18O4/c1-10-7-13(18-14(10)15)9-17-8-11-3-5-12(16-2)6-4-11/h3-6,10,13H,7-9H2,1-2H3/t10-,13+/m0/s1. The minimum absolute atomic E-state index is 0.000383. The maximum atomic E-state index is 11.2. The second kappa shape index (κ2) is 5.87. The van der Waals surface area contributed by atoms with Crippen molar-refractivity contribution in [3.8, 4) is 5.75 Å². The molecule has 0 aromatic heterocycles. The van der Waals surface area contributed by atoms with Gasteiger partial charge in [0.25, 0.3) is 0 Å². The second-order valence-corrected chi connectivity index (χ2v) is 4.56. The van der Waals surface area contributed by atoms with Crippen molar-refractivity contribution in [1.29, 1.82) is 0 Å². The highest BCUT2D eigenvalue weighted by molar-refractivity contribution is 5.74. The first-order chi connectivity index (χ1) is 8.69. The van der Waals surface area contributed by atoms with Crippen molar-refractivity contribution in [3.63, 3.8) is 0 Å². The van der Waals surface area contributed by atoms with Gasteiger partial charge in [-0.3, -0.25) is 4.79 Å².